The highest BCUT2D eigenvalue weighted by Crippen LogP contribution is 2.19. The van der Waals surface area contributed by atoms with Crippen molar-refractivity contribution in [3.05, 3.63) is 29.8 Å². The van der Waals surface area contributed by atoms with Crippen LogP contribution in [0.2, 0.25) is 0 Å². The molecule has 4 heteroatoms. The molecule has 1 aromatic rings. The van der Waals surface area contributed by atoms with Crippen molar-refractivity contribution < 1.29 is 9.53 Å². The highest BCUT2D eigenvalue weighted by atomic mass is 16.5. The maximum absolute atomic E-state index is 11.8. The minimum absolute atomic E-state index is 0.0122. The number of carbonyl (C=O) groups excluding carboxylic acids is 1. The van der Waals surface area contributed by atoms with Gasteiger partial charge in [0.05, 0.1) is 19.1 Å². The third kappa shape index (κ3) is 2.77. The summed E-state index contributed by atoms with van der Waals surface area (Å²) < 4.78 is 5.17. The number of carbonyl (C=O) groups is 1. The molecule has 4 nitrogen and oxygen atoms in total. The summed E-state index contributed by atoms with van der Waals surface area (Å²) in [6.07, 6.45) is 0. The van der Waals surface area contributed by atoms with E-state index in [2.05, 4.69) is 10.6 Å². The fraction of sp³-hybridized carbons (Fsp3) is 0.462. The Hall–Kier alpha value is -1.55. The van der Waals surface area contributed by atoms with Gasteiger partial charge in [-0.1, -0.05) is 12.1 Å². The molecule has 1 aliphatic heterocycles. The number of benzene rings is 1. The van der Waals surface area contributed by atoms with Crippen molar-refractivity contribution in [1.29, 1.82) is 0 Å². The minimum atomic E-state index is 0.0122. The van der Waals surface area contributed by atoms with Crippen molar-refractivity contribution in [3.63, 3.8) is 0 Å². The summed E-state index contributed by atoms with van der Waals surface area (Å²) in [5.74, 6) is 1.07. The van der Waals surface area contributed by atoms with Crippen LogP contribution >= 0.6 is 0 Å². The van der Waals surface area contributed by atoms with Gasteiger partial charge in [-0.15, -0.1) is 0 Å². The Bertz CT molecular complexity index is 402. The van der Waals surface area contributed by atoms with E-state index in [0.717, 1.165) is 24.4 Å². The van der Waals surface area contributed by atoms with Crippen LogP contribution in [0.25, 0.3) is 0 Å². The monoisotopic (exact) mass is 234 g/mol. The van der Waals surface area contributed by atoms with E-state index in [-0.39, 0.29) is 17.9 Å². The third-order valence-electron chi connectivity index (χ3n) is 3.10. The van der Waals surface area contributed by atoms with Crippen LogP contribution in [0.4, 0.5) is 0 Å². The molecule has 0 unspecified atom stereocenters. The molecule has 17 heavy (non-hydrogen) atoms. The van der Waals surface area contributed by atoms with Crippen LogP contribution in [0.1, 0.15) is 18.5 Å². The topological polar surface area (TPSA) is 50.4 Å². The highest BCUT2D eigenvalue weighted by Gasteiger charge is 2.25. The molecule has 0 saturated carbocycles. The van der Waals surface area contributed by atoms with Crippen molar-refractivity contribution >= 4 is 5.91 Å². The van der Waals surface area contributed by atoms with Gasteiger partial charge in [0.1, 0.15) is 5.75 Å². The largest absolute Gasteiger partial charge is 0.497 e. The zero-order chi connectivity index (χ0) is 12.3. The van der Waals surface area contributed by atoms with Gasteiger partial charge in [0.15, 0.2) is 0 Å². The summed E-state index contributed by atoms with van der Waals surface area (Å²) in [7, 11) is 1.64. The molecule has 1 saturated heterocycles. The van der Waals surface area contributed by atoms with Crippen LogP contribution in [0.15, 0.2) is 24.3 Å². The standard InChI is InChI=1S/C13H18N2O2/c1-9(15-13(16)11-7-14-8-11)10-4-3-5-12(6-10)17-2/h3-6,9,11,14H,7-8H2,1-2H3,(H,15,16)/t9-/m1/s1. The number of nitrogens with one attached hydrogen (secondary N) is 2. The summed E-state index contributed by atoms with van der Waals surface area (Å²) in [5.41, 5.74) is 1.06. The van der Waals surface area contributed by atoms with E-state index in [1.807, 2.05) is 31.2 Å². The molecule has 0 bridgehead atoms. The van der Waals surface area contributed by atoms with Gasteiger partial charge in [-0.25, -0.2) is 0 Å². The van der Waals surface area contributed by atoms with E-state index in [4.69, 9.17) is 4.74 Å². The summed E-state index contributed by atoms with van der Waals surface area (Å²) in [5, 5.41) is 6.11. The number of amides is 1. The van der Waals surface area contributed by atoms with Crippen LogP contribution in [0.3, 0.4) is 0 Å². The summed E-state index contributed by atoms with van der Waals surface area (Å²) >= 11 is 0. The second-order valence-corrected chi connectivity index (χ2v) is 4.36. The predicted molar refractivity (Wildman–Crippen MR) is 65.9 cm³/mol. The molecule has 1 heterocycles. The molecule has 1 atom stereocenters. The quantitative estimate of drug-likeness (QED) is 0.820. The van der Waals surface area contributed by atoms with Gasteiger partial charge in [-0.2, -0.15) is 0 Å². The van der Waals surface area contributed by atoms with Gasteiger partial charge in [0, 0.05) is 13.1 Å². The molecule has 2 rings (SSSR count). The predicted octanol–water partition coefficient (Wildman–Crippen LogP) is 1.09. The summed E-state index contributed by atoms with van der Waals surface area (Å²) in [6.45, 7) is 3.56. The molecular formula is C13H18N2O2. The zero-order valence-corrected chi connectivity index (χ0v) is 10.2. The number of hydrogen-bond acceptors (Lipinski definition) is 3. The first kappa shape index (κ1) is 11.9. The van der Waals surface area contributed by atoms with Gasteiger partial charge in [-0.05, 0) is 24.6 Å². The van der Waals surface area contributed by atoms with Crippen LogP contribution in [-0.4, -0.2) is 26.1 Å². The second-order valence-electron chi connectivity index (χ2n) is 4.36. The van der Waals surface area contributed by atoms with Crippen LogP contribution < -0.4 is 15.4 Å². The van der Waals surface area contributed by atoms with Crippen molar-refractivity contribution in [1.82, 2.24) is 10.6 Å². The van der Waals surface area contributed by atoms with Crippen molar-refractivity contribution in [3.8, 4) is 5.75 Å². The van der Waals surface area contributed by atoms with E-state index in [0.29, 0.717) is 0 Å². The first-order valence-electron chi connectivity index (χ1n) is 5.85. The molecule has 0 aromatic heterocycles. The number of rotatable bonds is 4. The molecule has 0 aliphatic carbocycles. The molecular weight excluding hydrogens is 216 g/mol. The van der Waals surface area contributed by atoms with E-state index < -0.39 is 0 Å². The second kappa shape index (κ2) is 5.19. The van der Waals surface area contributed by atoms with Crippen molar-refractivity contribution in [2.24, 2.45) is 5.92 Å². The smallest absolute Gasteiger partial charge is 0.226 e. The Morgan fingerprint density at radius 2 is 2.29 bits per heavy atom. The van der Waals surface area contributed by atoms with E-state index >= 15 is 0 Å². The number of ether oxygens (including phenoxy) is 1. The average Bonchev–Trinajstić information content (AvgIpc) is 2.26. The highest BCUT2D eigenvalue weighted by molar-refractivity contribution is 5.80. The lowest BCUT2D eigenvalue weighted by molar-refractivity contribution is -0.127. The molecule has 2 N–H and O–H groups in total. The van der Waals surface area contributed by atoms with Crippen LogP contribution in [-0.2, 0) is 4.79 Å². The molecule has 1 fully saturated rings. The summed E-state index contributed by atoms with van der Waals surface area (Å²) in [6, 6.07) is 7.78. The minimum Gasteiger partial charge on any atom is -0.497 e. The fourth-order valence-electron chi connectivity index (χ4n) is 1.80. The lowest BCUT2D eigenvalue weighted by Crippen LogP contribution is -2.51. The van der Waals surface area contributed by atoms with E-state index in [1.165, 1.54) is 0 Å². The lowest BCUT2D eigenvalue weighted by atomic mass is 10.0. The first-order valence-corrected chi connectivity index (χ1v) is 5.85. The normalized spacial score (nSPS) is 17.1. The Balaban J connectivity index is 1.98. The molecule has 1 amide bonds. The van der Waals surface area contributed by atoms with Gasteiger partial charge >= 0.3 is 0 Å². The van der Waals surface area contributed by atoms with Gasteiger partial charge in [-0.3, -0.25) is 4.79 Å². The Morgan fingerprint density at radius 1 is 1.53 bits per heavy atom. The van der Waals surface area contributed by atoms with Crippen LogP contribution in [0, 0.1) is 5.92 Å². The molecule has 1 aromatic carbocycles. The van der Waals surface area contributed by atoms with E-state index in [1.54, 1.807) is 7.11 Å². The van der Waals surface area contributed by atoms with Gasteiger partial charge in [0.25, 0.3) is 0 Å². The van der Waals surface area contributed by atoms with Gasteiger partial charge < -0.3 is 15.4 Å². The maximum atomic E-state index is 11.8. The molecule has 0 spiro atoms. The Morgan fingerprint density at radius 3 is 2.88 bits per heavy atom. The Kier molecular flexibility index (Phi) is 3.64. The average molecular weight is 234 g/mol. The van der Waals surface area contributed by atoms with Crippen LogP contribution in [0.5, 0.6) is 5.75 Å². The molecule has 1 aliphatic rings. The van der Waals surface area contributed by atoms with Gasteiger partial charge in [0.2, 0.25) is 5.91 Å². The SMILES string of the molecule is COc1cccc([C@@H](C)NC(=O)C2CNC2)c1. The lowest BCUT2D eigenvalue weighted by Gasteiger charge is -2.27. The maximum Gasteiger partial charge on any atom is 0.226 e. The van der Waals surface area contributed by atoms with E-state index in [9.17, 15) is 4.79 Å². The zero-order valence-electron chi connectivity index (χ0n) is 10.2. The van der Waals surface area contributed by atoms with Crippen molar-refractivity contribution in [2.75, 3.05) is 20.2 Å². The molecule has 92 valence electrons. The summed E-state index contributed by atoms with van der Waals surface area (Å²) in [4.78, 5) is 11.8. The first-order chi connectivity index (χ1) is 8.20. The molecule has 0 radical (unpaired) electrons. The third-order valence-corrected chi connectivity index (χ3v) is 3.10. The number of hydrogen-bond donors (Lipinski definition) is 2. The Labute approximate surface area is 101 Å². The number of methoxy groups -OCH3 is 1. The fourth-order valence-corrected chi connectivity index (χ4v) is 1.80. The van der Waals surface area contributed by atoms with Crippen molar-refractivity contribution in [2.45, 2.75) is 13.0 Å².